The maximum absolute atomic E-state index is 12.0. The minimum Gasteiger partial charge on any atom is -0.507 e. The van der Waals surface area contributed by atoms with Gasteiger partial charge in [0.05, 0.1) is 18.2 Å². The number of aromatic hydroxyl groups is 1. The van der Waals surface area contributed by atoms with Crippen LogP contribution in [0.1, 0.15) is 36.1 Å². The van der Waals surface area contributed by atoms with Gasteiger partial charge in [-0.05, 0) is 42.0 Å². The summed E-state index contributed by atoms with van der Waals surface area (Å²) in [4.78, 5) is 14.0. The van der Waals surface area contributed by atoms with E-state index in [2.05, 4.69) is 15.9 Å². The Bertz CT molecular complexity index is 932. The Labute approximate surface area is 191 Å². The molecule has 2 aromatic rings. The Morgan fingerprint density at radius 2 is 2.10 bits per heavy atom. The number of hydrogen-bond donors (Lipinski definition) is 1. The van der Waals surface area contributed by atoms with Gasteiger partial charge in [0.1, 0.15) is 18.1 Å². The van der Waals surface area contributed by atoms with Crippen LogP contribution in [0, 0.1) is 12.8 Å². The third-order valence-corrected chi connectivity index (χ3v) is 6.45. The molecule has 0 bridgehead atoms. The summed E-state index contributed by atoms with van der Waals surface area (Å²) in [6.45, 7) is 8.11. The number of rotatable bonds is 7. The van der Waals surface area contributed by atoms with E-state index in [4.69, 9.17) is 21.1 Å². The molecule has 1 heterocycles. The summed E-state index contributed by atoms with van der Waals surface area (Å²) in [5.41, 5.74) is 3.78. The van der Waals surface area contributed by atoms with Crippen LogP contribution in [0.3, 0.4) is 0 Å². The fourth-order valence-electron chi connectivity index (χ4n) is 3.41. The summed E-state index contributed by atoms with van der Waals surface area (Å²) in [5.74, 6) is 0.660. The number of benzene rings is 2. The van der Waals surface area contributed by atoms with E-state index in [1.807, 2.05) is 43.9 Å². The van der Waals surface area contributed by atoms with Gasteiger partial charge in [0.15, 0.2) is 0 Å². The Morgan fingerprint density at radius 3 is 2.83 bits per heavy atom. The largest absolute Gasteiger partial charge is 0.507 e. The lowest BCUT2D eigenvalue weighted by molar-refractivity contribution is -0.146. The molecule has 0 spiro atoms. The molecule has 0 saturated carbocycles. The van der Waals surface area contributed by atoms with E-state index in [1.165, 1.54) is 0 Å². The molecule has 2 aromatic carbocycles. The predicted molar refractivity (Wildman–Crippen MR) is 121 cm³/mol. The van der Waals surface area contributed by atoms with Gasteiger partial charge in [-0.2, -0.15) is 0 Å². The van der Waals surface area contributed by atoms with Gasteiger partial charge >= 0.3 is 5.97 Å². The lowest BCUT2D eigenvalue weighted by Gasteiger charge is -2.29. The van der Waals surface area contributed by atoms with Crippen molar-refractivity contribution in [3.63, 3.8) is 0 Å². The zero-order valence-corrected chi connectivity index (χ0v) is 19.8. The molecule has 5 nitrogen and oxygen atoms in total. The number of fused-ring (bicyclic) bond motifs is 1. The van der Waals surface area contributed by atoms with Crippen LogP contribution in [-0.4, -0.2) is 35.7 Å². The standard InChI is InChI=1S/C23H27BrClNO4/c1-14(2)12-30-22(28)11-26-8-7-17-18(10-26)20(27)9-21(23(17)25)29-13-16-5-4-6-19(24)15(16)3/h4-6,9,14,27H,7-8,10-13H2,1-3H3. The average Bonchev–Trinajstić information content (AvgIpc) is 2.71. The number of ether oxygens (including phenoxy) is 2. The van der Waals surface area contributed by atoms with Crippen LogP contribution in [-0.2, 0) is 29.1 Å². The molecule has 162 valence electrons. The topological polar surface area (TPSA) is 59.0 Å². The molecule has 0 aromatic heterocycles. The number of halogens is 2. The number of carbonyl (C=O) groups is 1. The highest BCUT2D eigenvalue weighted by Gasteiger charge is 2.26. The number of phenolic OH excluding ortho intramolecular Hbond substituents is 1. The summed E-state index contributed by atoms with van der Waals surface area (Å²) in [6, 6.07) is 7.51. The fraction of sp³-hybridized carbons (Fsp3) is 0.435. The molecule has 0 fully saturated rings. The Morgan fingerprint density at radius 1 is 1.33 bits per heavy atom. The SMILES string of the molecule is Cc1c(Br)cccc1COc1cc(O)c2c(c1Cl)CCN(CC(=O)OCC(C)C)C2. The van der Waals surface area contributed by atoms with E-state index < -0.39 is 0 Å². The first-order chi connectivity index (χ1) is 14.3. The Hall–Kier alpha value is -1.76. The van der Waals surface area contributed by atoms with Crippen LogP contribution < -0.4 is 4.74 Å². The summed E-state index contributed by atoms with van der Waals surface area (Å²) in [5, 5.41) is 11.1. The van der Waals surface area contributed by atoms with E-state index in [-0.39, 0.29) is 18.3 Å². The van der Waals surface area contributed by atoms with E-state index in [0.29, 0.717) is 49.4 Å². The number of esters is 1. The Balaban J connectivity index is 1.69. The van der Waals surface area contributed by atoms with Crippen molar-refractivity contribution in [3.05, 3.63) is 56.0 Å². The molecule has 1 aliphatic rings. The number of carbonyl (C=O) groups excluding carboxylic acids is 1. The zero-order chi connectivity index (χ0) is 21.8. The first-order valence-electron chi connectivity index (χ1n) is 10.0. The van der Waals surface area contributed by atoms with Crippen molar-refractivity contribution in [2.45, 2.75) is 40.3 Å². The van der Waals surface area contributed by atoms with Crippen LogP contribution >= 0.6 is 27.5 Å². The minimum absolute atomic E-state index is 0.135. The summed E-state index contributed by atoms with van der Waals surface area (Å²) in [7, 11) is 0. The van der Waals surface area contributed by atoms with Gasteiger partial charge in [-0.3, -0.25) is 9.69 Å². The van der Waals surface area contributed by atoms with E-state index in [1.54, 1.807) is 6.07 Å². The molecule has 0 atom stereocenters. The monoisotopic (exact) mass is 495 g/mol. The molecule has 3 rings (SSSR count). The number of phenols is 1. The smallest absolute Gasteiger partial charge is 0.320 e. The number of nitrogens with zero attached hydrogens (tertiary/aromatic N) is 1. The molecular formula is C23H27BrClNO4. The van der Waals surface area contributed by atoms with Crippen molar-refractivity contribution >= 4 is 33.5 Å². The van der Waals surface area contributed by atoms with Crippen LogP contribution in [0.2, 0.25) is 5.02 Å². The van der Waals surface area contributed by atoms with Gasteiger partial charge in [0.25, 0.3) is 0 Å². The van der Waals surface area contributed by atoms with E-state index >= 15 is 0 Å². The molecule has 7 heteroatoms. The van der Waals surface area contributed by atoms with Crippen molar-refractivity contribution < 1.29 is 19.4 Å². The molecular weight excluding hydrogens is 470 g/mol. The third kappa shape index (κ3) is 5.48. The van der Waals surface area contributed by atoms with Gasteiger partial charge in [0.2, 0.25) is 0 Å². The van der Waals surface area contributed by atoms with Crippen molar-refractivity contribution in [3.8, 4) is 11.5 Å². The molecule has 0 unspecified atom stereocenters. The van der Waals surface area contributed by atoms with Crippen LogP contribution in [0.5, 0.6) is 11.5 Å². The molecule has 1 N–H and O–H groups in total. The van der Waals surface area contributed by atoms with Crippen molar-refractivity contribution in [1.29, 1.82) is 0 Å². The fourth-order valence-corrected chi connectivity index (χ4v) is 4.14. The summed E-state index contributed by atoms with van der Waals surface area (Å²) in [6.07, 6.45) is 0.631. The second-order valence-corrected chi connectivity index (χ2v) is 9.25. The van der Waals surface area contributed by atoms with Crippen LogP contribution in [0.15, 0.2) is 28.7 Å². The van der Waals surface area contributed by atoms with Crippen molar-refractivity contribution in [2.75, 3.05) is 19.7 Å². The zero-order valence-electron chi connectivity index (χ0n) is 17.5. The highest BCUT2D eigenvalue weighted by molar-refractivity contribution is 9.10. The quantitative estimate of drug-likeness (QED) is 0.530. The second-order valence-electron chi connectivity index (χ2n) is 8.02. The third-order valence-electron chi connectivity index (χ3n) is 5.18. The van der Waals surface area contributed by atoms with Gasteiger partial charge in [0, 0.05) is 29.2 Å². The Kier molecular flexibility index (Phi) is 7.66. The maximum Gasteiger partial charge on any atom is 0.320 e. The number of hydrogen-bond acceptors (Lipinski definition) is 5. The summed E-state index contributed by atoms with van der Waals surface area (Å²) >= 11 is 10.1. The van der Waals surface area contributed by atoms with Crippen LogP contribution in [0.4, 0.5) is 0 Å². The molecule has 1 aliphatic heterocycles. The molecule has 0 saturated heterocycles. The highest BCUT2D eigenvalue weighted by Crippen LogP contribution is 2.40. The van der Waals surface area contributed by atoms with Crippen LogP contribution in [0.25, 0.3) is 0 Å². The van der Waals surface area contributed by atoms with Crippen molar-refractivity contribution in [2.24, 2.45) is 5.92 Å². The predicted octanol–water partition coefficient (Wildman–Crippen LogP) is 5.25. The minimum atomic E-state index is -0.248. The first kappa shape index (κ1) is 22.9. The van der Waals surface area contributed by atoms with E-state index in [0.717, 1.165) is 26.7 Å². The molecule has 0 aliphatic carbocycles. The highest BCUT2D eigenvalue weighted by atomic mass is 79.9. The lowest BCUT2D eigenvalue weighted by atomic mass is 9.98. The normalized spacial score (nSPS) is 13.9. The van der Waals surface area contributed by atoms with Gasteiger partial charge in [-0.25, -0.2) is 0 Å². The van der Waals surface area contributed by atoms with Gasteiger partial charge in [-0.15, -0.1) is 0 Å². The van der Waals surface area contributed by atoms with Gasteiger partial charge < -0.3 is 14.6 Å². The van der Waals surface area contributed by atoms with Gasteiger partial charge in [-0.1, -0.05) is 53.5 Å². The molecule has 30 heavy (non-hydrogen) atoms. The lowest BCUT2D eigenvalue weighted by Crippen LogP contribution is -2.36. The average molecular weight is 497 g/mol. The summed E-state index contributed by atoms with van der Waals surface area (Å²) < 4.78 is 12.2. The molecule has 0 amide bonds. The maximum atomic E-state index is 12.0. The van der Waals surface area contributed by atoms with E-state index in [9.17, 15) is 9.90 Å². The second kappa shape index (κ2) is 10.0. The molecule has 0 radical (unpaired) electrons. The first-order valence-corrected chi connectivity index (χ1v) is 11.2. The van der Waals surface area contributed by atoms with Crippen molar-refractivity contribution in [1.82, 2.24) is 4.90 Å².